The molecule has 1 saturated carbocycles. The number of ether oxygens (including phenoxy) is 1. The Labute approximate surface area is 162 Å². The highest BCUT2D eigenvalue weighted by Crippen LogP contribution is 2.37. The fraction of sp³-hybridized carbons (Fsp3) is 0.381. The number of nitrogens with one attached hydrogen (secondary N) is 1. The molecule has 1 N–H and O–H groups in total. The summed E-state index contributed by atoms with van der Waals surface area (Å²) in [6.45, 7) is 2.58. The Hall–Kier alpha value is -2.80. The van der Waals surface area contributed by atoms with E-state index in [2.05, 4.69) is 5.32 Å². The summed E-state index contributed by atoms with van der Waals surface area (Å²) >= 11 is 0. The minimum atomic E-state index is -0.564. The molecule has 0 aliphatic heterocycles. The molecule has 0 unspecified atom stereocenters. The molecule has 7 heteroatoms. The van der Waals surface area contributed by atoms with Crippen molar-refractivity contribution in [2.45, 2.75) is 32.4 Å². The predicted octanol–water partition coefficient (Wildman–Crippen LogP) is 2.39. The summed E-state index contributed by atoms with van der Waals surface area (Å²) < 4.78 is 20.3. The third-order valence-electron chi connectivity index (χ3n) is 4.81. The van der Waals surface area contributed by atoms with Crippen LogP contribution in [0, 0.1) is 11.7 Å². The fourth-order valence-electron chi connectivity index (χ4n) is 3.24. The molecule has 1 heterocycles. The normalized spacial score (nSPS) is 18.0. The zero-order valence-electron chi connectivity index (χ0n) is 15.9. The van der Waals surface area contributed by atoms with E-state index < -0.39 is 17.3 Å². The number of rotatable bonds is 8. The topological polar surface area (TPSA) is 77.4 Å². The van der Waals surface area contributed by atoms with Gasteiger partial charge in [0, 0.05) is 31.8 Å². The van der Waals surface area contributed by atoms with Crippen molar-refractivity contribution in [3.63, 3.8) is 0 Å². The van der Waals surface area contributed by atoms with Gasteiger partial charge in [0.25, 0.3) is 11.5 Å². The molecule has 1 aromatic heterocycles. The molecule has 0 bridgehead atoms. The van der Waals surface area contributed by atoms with Crippen molar-refractivity contribution in [3.05, 3.63) is 69.4 Å². The highest BCUT2D eigenvalue weighted by Gasteiger charge is 2.39. The van der Waals surface area contributed by atoms with Crippen molar-refractivity contribution in [1.29, 1.82) is 0 Å². The molecule has 0 saturated heterocycles. The van der Waals surface area contributed by atoms with Crippen LogP contribution in [-0.2, 0) is 11.3 Å². The van der Waals surface area contributed by atoms with Gasteiger partial charge in [-0.3, -0.25) is 14.4 Å². The van der Waals surface area contributed by atoms with E-state index >= 15 is 0 Å². The van der Waals surface area contributed by atoms with Crippen LogP contribution in [0.3, 0.4) is 0 Å². The molecule has 2 aromatic rings. The molecule has 0 spiro atoms. The molecule has 1 aliphatic carbocycles. The lowest BCUT2D eigenvalue weighted by molar-refractivity contribution is 0.0931. The second-order valence-corrected chi connectivity index (χ2v) is 6.90. The van der Waals surface area contributed by atoms with Gasteiger partial charge in [-0.15, -0.1) is 0 Å². The SMILES string of the molecule is CCO[C@@H]1C[C@H]1CC(=O)c1cc(C(=O)NC)c(=O)n(Cc2cccc(F)c2)c1. The zero-order valence-corrected chi connectivity index (χ0v) is 15.9. The quantitative estimate of drug-likeness (QED) is 0.707. The molecule has 0 radical (unpaired) electrons. The molecule has 1 amide bonds. The molecular formula is C21H23FN2O4. The van der Waals surface area contributed by atoms with Crippen LogP contribution in [0.4, 0.5) is 4.39 Å². The summed E-state index contributed by atoms with van der Waals surface area (Å²) in [4.78, 5) is 37.5. The van der Waals surface area contributed by atoms with Gasteiger partial charge in [0.1, 0.15) is 11.4 Å². The van der Waals surface area contributed by atoms with Crippen molar-refractivity contribution >= 4 is 11.7 Å². The molecule has 148 valence electrons. The van der Waals surface area contributed by atoms with E-state index in [1.807, 2.05) is 6.92 Å². The van der Waals surface area contributed by atoms with Crippen LogP contribution < -0.4 is 10.9 Å². The highest BCUT2D eigenvalue weighted by atomic mass is 19.1. The number of ketones is 1. The molecule has 1 aliphatic rings. The zero-order chi connectivity index (χ0) is 20.3. The summed E-state index contributed by atoms with van der Waals surface area (Å²) in [6.07, 6.45) is 2.69. The van der Waals surface area contributed by atoms with Crippen LogP contribution in [0.1, 0.15) is 46.0 Å². The average Bonchev–Trinajstić information content (AvgIpc) is 3.40. The van der Waals surface area contributed by atoms with Gasteiger partial charge in [-0.05, 0) is 43.0 Å². The lowest BCUT2D eigenvalue weighted by atomic mass is 10.0. The molecular weight excluding hydrogens is 363 g/mol. The average molecular weight is 386 g/mol. The van der Waals surface area contributed by atoms with Gasteiger partial charge in [0.2, 0.25) is 0 Å². The number of carbonyl (C=O) groups excluding carboxylic acids is 2. The number of amides is 1. The van der Waals surface area contributed by atoms with Crippen molar-refractivity contribution in [2.24, 2.45) is 5.92 Å². The van der Waals surface area contributed by atoms with Crippen LogP contribution in [0.2, 0.25) is 0 Å². The van der Waals surface area contributed by atoms with Gasteiger partial charge in [-0.1, -0.05) is 12.1 Å². The van der Waals surface area contributed by atoms with Crippen LogP contribution in [0.5, 0.6) is 0 Å². The Kier molecular flexibility index (Phi) is 6.04. The fourth-order valence-corrected chi connectivity index (χ4v) is 3.24. The van der Waals surface area contributed by atoms with Crippen molar-refractivity contribution in [3.8, 4) is 0 Å². The molecule has 1 aromatic carbocycles. The van der Waals surface area contributed by atoms with Gasteiger partial charge in [0.05, 0.1) is 12.6 Å². The van der Waals surface area contributed by atoms with Crippen molar-refractivity contribution in [2.75, 3.05) is 13.7 Å². The first-order valence-corrected chi connectivity index (χ1v) is 9.28. The van der Waals surface area contributed by atoms with Gasteiger partial charge >= 0.3 is 0 Å². The van der Waals surface area contributed by atoms with Gasteiger partial charge < -0.3 is 14.6 Å². The van der Waals surface area contributed by atoms with Crippen LogP contribution in [-0.4, -0.2) is 36.0 Å². The lowest BCUT2D eigenvalue weighted by Gasteiger charge is -2.11. The standard InChI is InChI=1S/C21H23FN2O4/c1-3-28-19-10-14(19)9-18(25)15-8-17(20(26)23-2)21(27)24(12-15)11-13-5-4-6-16(22)7-13/h4-8,12,14,19H,3,9-11H2,1-2H3,(H,23,26)/t14-,19-/m1/s1. The smallest absolute Gasteiger partial charge is 0.263 e. The molecule has 3 rings (SSSR count). The summed E-state index contributed by atoms with van der Waals surface area (Å²) in [5, 5.41) is 2.42. The molecule has 2 atom stereocenters. The second-order valence-electron chi connectivity index (χ2n) is 6.90. The number of nitrogens with zero attached hydrogens (tertiary/aromatic N) is 1. The second kappa shape index (κ2) is 8.48. The van der Waals surface area contributed by atoms with E-state index in [1.165, 1.54) is 36.0 Å². The molecule has 1 fully saturated rings. The van der Waals surface area contributed by atoms with E-state index in [9.17, 15) is 18.8 Å². The molecule has 28 heavy (non-hydrogen) atoms. The van der Waals surface area contributed by atoms with E-state index in [0.29, 0.717) is 18.6 Å². The number of hydrogen-bond acceptors (Lipinski definition) is 4. The van der Waals surface area contributed by atoms with E-state index in [-0.39, 0.29) is 35.5 Å². The number of benzene rings is 1. The van der Waals surface area contributed by atoms with Crippen LogP contribution >= 0.6 is 0 Å². The number of pyridine rings is 1. The van der Waals surface area contributed by atoms with Crippen molar-refractivity contribution in [1.82, 2.24) is 9.88 Å². The Morgan fingerprint density at radius 2 is 2.11 bits per heavy atom. The Morgan fingerprint density at radius 3 is 2.79 bits per heavy atom. The van der Waals surface area contributed by atoms with E-state index in [0.717, 1.165) is 6.42 Å². The Balaban J connectivity index is 1.90. The first kappa shape index (κ1) is 19.9. The number of Topliss-reactive ketones (excluding diaryl/α,β-unsaturated/α-hetero) is 1. The summed E-state index contributed by atoms with van der Waals surface area (Å²) in [7, 11) is 1.42. The number of aromatic nitrogens is 1. The number of halogens is 1. The van der Waals surface area contributed by atoms with E-state index in [4.69, 9.17) is 4.74 Å². The predicted molar refractivity (Wildman–Crippen MR) is 102 cm³/mol. The minimum Gasteiger partial charge on any atom is -0.378 e. The summed E-state index contributed by atoms with van der Waals surface area (Å²) in [5.41, 5.74) is 0.214. The van der Waals surface area contributed by atoms with Crippen molar-refractivity contribution < 1.29 is 18.7 Å². The number of hydrogen-bond donors (Lipinski definition) is 1. The maximum absolute atomic E-state index is 13.5. The monoisotopic (exact) mass is 386 g/mol. The summed E-state index contributed by atoms with van der Waals surface area (Å²) in [6, 6.07) is 7.19. The largest absolute Gasteiger partial charge is 0.378 e. The first-order valence-electron chi connectivity index (χ1n) is 9.28. The maximum atomic E-state index is 13.5. The minimum absolute atomic E-state index is 0.0622. The van der Waals surface area contributed by atoms with Gasteiger partial charge in [-0.25, -0.2) is 4.39 Å². The highest BCUT2D eigenvalue weighted by molar-refractivity contribution is 6.00. The third kappa shape index (κ3) is 4.54. The number of carbonyl (C=O) groups is 2. The lowest BCUT2D eigenvalue weighted by Crippen LogP contribution is -2.32. The Morgan fingerprint density at radius 1 is 1.32 bits per heavy atom. The summed E-state index contributed by atoms with van der Waals surface area (Å²) in [5.74, 6) is -0.962. The van der Waals surface area contributed by atoms with E-state index in [1.54, 1.807) is 12.1 Å². The third-order valence-corrected chi connectivity index (χ3v) is 4.81. The van der Waals surface area contributed by atoms with Gasteiger partial charge in [-0.2, -0.15) is 0 Å². The van der Waals surface area contributed by atoms with Crippen LogP contribution in [0.25, 0.3) is 0 Å². The van der Waals surface area contributed by atoms with Crippen LogP contribution in [0.15, 0.2) is 41.3 Å². The Bertz CT molecular complexity index is 954. The molecule has 6 nitrogen and oxygen atoms in total. The first-order chi connectivity index (χ1) is 13.4. The van der Waals surface area contributed by atoms with Gasteiger partial charge in [0.15, 0.2) is 5.78 Å². The maximum Gasteiger partial charge on any atom is 0.263 e.